The van der Waals surface area contributed by atoms with Gasteiger partial charge in [-0.05, 0) is 12.8 Å². The van der Waals surface area contributed by atoms with Gasteiger partial charge in [0, 0.05) is 20.6 Å². The predicted octanol–water partition coefficient (Wildman–Crippen LogP) is 0.489. The lowest BCUT2D eigenvalue weighted by molar-refractivity contribution is -0.145. The number of carboxylic acid groups (broad SMARTS) is 1. The number of carbonyl (C=O) groups is 2. The van der Waals surface area contributed by atoms with Crippen molar-refractivity contribution in [2.24, 2.45) is 0 Å². The Morgan fingerprint density at radius 3 is 2.67 bits per heavy atom. The molecule has 0 bridgehead atoms. The average Bonchev–Trinajstić information content (AvgIpc) is 2.47. The number of aliphatic carboxylic acids is 1. The summed E-state index contributed by atoms with van der Waals surface area (Å²) in [4.78, 5) is 23.8. The maximum absolute atomic E-state index is 11.4. The van der Waals surface area contributed by atoms with E-state index >= 15 is 0 Å². The van der Waals surface area contributed by atoms with Gasteiger partial charge < -0.3 is 14.7 Å². The fraction of sp³-hybridized carbons (Fsp3) is 0.800. The molecule has 0 saturated carbocycles. The van der Waals surface area contributed by atoms with Crippen molar-refractivity contribution in [3.05, 3.63) is 0 Å². The first-order valence-electron chi connectivity index (χ1n) is 5.01. The summed E-state index contributed by atoms with van der Waals surface area (Å²) in [5.74, 6) is -0.967. The Hall–Kier alpha value is -1.10. The van der Waals surface area contributed by atoms with Crippen LogP contribution >= 0.6 is 0 Å². The summed E-state index contributed by atoms with van der Waals surface area (Å²) < 4.78 is 5.05. The third kappa shape index (κ3) is 2.47. The van der Waals surface area contributed by atoms with Gasteiger partial charge in [-0.25, -0.2) is 0 Å². The van der Waals surface area contributed by atoms with E-state index in [2.05, 4.69) is 0 Å². The first-order valence-corrected chi connectivity index (χ1v) is 5.01. The molecule has 5 heteroatoms. The fourth-order valence-corrected chi connectivity index (χ4v) is 2.36. The van der Waals surface area contributed by atoms with Crippen LogP contribution in [0.25, 0.3) is 0 Å². The van der Waals surface area contributed by atoms with Crippen LogP contribution in [0.1, 0.15) is 26.2 Å². The molecule has 0 aliphatic carbocycles. The molecule has 0 aromatic carbocycles. The topological polar surface area (TPSA) is 66.8 Å². The summed E-state index contributed by atoms with van der Waals surface area (Å²) in [5.41, 5.74) is -0.633. The molecule has 1 rings (SSSR count). The van der Waals surface area contributed by atoms with E-state index in [0.717, 1.165) is 6.42 Å². The van der Waals surface area contributed by atoms with Crippen molar-refractivity contribution in [3.63, 3.8) is 0 Å². The molecule has 1 aliphatic heterocycles. The van der Waals surface area contributed by atoms with Gasteiger partial charge in [0.15, 0.2) is 0 Å². The highest BCUT2D eigenvalue weighted by Crippen LogP contribution is 2.32. The number of hydrogen-bond acceptors (Lipinski definition) is 3. The van der Waals surface area contributed by atoms with Crippen molar-refractivity contribution >= 4 is 11.9 Å². The van der Waals surface area contributed by atoms with Gasteiger partial charge >= 0.3 is 5.97 Å². The maximum atomic E-state index is 11.4. The van der Waals surface area contributed by atoms with Gasteiger partial charge in [-0.3, -0.25) is 9.59 Å². The van der Waals surface area contributed by atoms with Crippen molar-refractivity contribution < 1.29 is 19.4 Å². The molecule has 15 heavy (non-hydrogen) atoms. The molecular weight excluding hydrogens is 198 g/mol. The van der Waals surface area contributed by atoms with Crippen molar-refractivity contribution in [1.82, 2.24) is 4.90 Å². The maximum Gasteiger partial charge on any atom is 0.305 e. The van der Waals surface area contributed by atoms with Crippen LogP contribution in [0.4, 0.5) is 0 Å². The highest BCUT2D eigenvalue weighted by molar-refractivity contribution is 5.76. The molecule has 0 aromatic rings. The summed E-state index contributed by atoms with van der Waals surface area (Å²) in [6, 6.07) is 0. The van der Waals surface area contributed by atoms with Crippen LogP contribution in [0, 0.1) is 0 Å². The molecule has 1 N–H and O–H groups in total. The molecular formula is C10H17NO4. The minimum Gasteiger partial charge on any atom is -0.481 e. The number of carboxylic acids is 1. The lowest BCUT2D eigenvalue weighted by atomic mass is 9.93. The smallest absolute Gasteiger partial charge is 0.305 e. The number of hydrogen-bond donors (Lipinski definition) is 1. The van der Waals surface area contributed by atoms with Gasteiger partial charge in [0.2, 0.25) is 5.91 Å². The SMILES string of the molecule is COC[C@@]1(CC(=O)O)CCCN1C(C)=O. The van der Waals surface area contributed by atoms with Crippen LogP contribution in [-0.2, 0) is 14.3 Å². The fourth-order valence-electron chi connectivity index (χ4n) is 2.36. The number of nitrogens with zero attached hydrogens (tertiary/aromatic N) is 1. The molecule has 5 nitrogen and oxygen atoms in total. The minimum atomic E-state index is -0.889. The largest absolute Gasteiger partial charge is 0.481 e. The van der Waals surface area contributed by atoms with Gasteiger partial charge in [0.1, 0.15) is 0 Å². The highest BCUT2D eigenvalue weighted by Gasteiger charge is 2.44. The lowest BCUT2D eigenvalue weighted by Gasteiger charge is -2.36. The van der Waals surface area contributed by atoms with Crippen LogP contribution < -0.4 is 0 Å². The van der Waals surface area contributed by atoms with Crippen molar-refractivity contribution in [3.8, 4) is 0 Å². The number of methoxy groups -OCH3 is 1. The normalized spacial score (nSPS) is 25.6. The van der Waals surface area contributed by atoms with Gasteiger partial charge in [0.25, 0.3) is 0 Å². The quantitative estimate of drug-likeness (QED) is 0.741. The Balaban J connectivity index is 2.86. The van der Waals surface area contributed by atoms with E-state index in [1.807, 2.05) is 0 Å². The summed E-state index contributed by atoms with van der Waals surface area (Å²) >= 11 is 0. The van der Waals surface area contributed by atoms with Gasteiger partial charge in [0.05, 0.1) is 18.6 Å². The van der Waals surface area contributed by atoms with E-state index < -0.39 is 11.5 Å². The van der Waals surface area contributed by atoms with E-state index in [9.17, 15) is 9.59 Å². The molecule has 0 unspecified atom stereocenters. The second-order valence-electron chi connectivity index (χ2n) is 4.00. The summed E-state index contributed by atoms with van der Waals surface area (Å²) in [6.07, 6.45) is 1.50. The molecule has 1 aliphatic rings. The Kier molecular flexibility index (Phi) is 3.68. The van der Waals surface area contributed by atoms with Crippen LogP contribution in [-0.4, -0.2) is 47.7 Å². The summed E-state index contributed by atoms with van der Waals surface area (Å²) in [5, 5.41) is 8.87. The van der Waals surface area contributed by atoms with Gasteiger partial charge in [-0.2, -0.15) is 0 Å². The molecule has 1 amide bonds. The molecule has 1 atom stereocenters. The molecule has 1 heterocycles. The Morgan fingerprint density at radius 1 is 1.53 bits per heavy atom. The highest BCUT2D eigenvalue weighted by atomic mass is 16.5. The monoisotopic (exact) mass is 215 g/mol. The van der Waals surface area contributed by atoms with E-state index in [0.29, 0.717) is 19.6 Å². The zero-order valence-corrected chi connectivity index (χ0v) is 9.15. The zero-order valence-electron chi connectivity index (χ0n) is 9.15. The van der Waals surface area contributed by atoms with Crippen LogP contribution in [0.2, 0.25) is 0 Å². The van der Waals surface area contributed by atoms with Crippen molar-refractivity contribution in [1.29, 1.82) is 0 Å². The summed E-state index contributed by atoms with van der Waals surface area (Å²) in [7, 11) is 1.53. The van der Waals surface area contributed by atoms with Crippen molar-refractivity contribution in [2.75, 3.05) is 20.3 Å². The number of ether oxygens (including phenoxy) is 1. The summed E-state index contributed by atoms with van der Waals surface area (Å²) in [6.45, 7) is 2.39. The molecule has 0 radical (unpaired) electrons. The zero-order chi connectivity index (χ0) is 11.5. The third-order valence-corrected chi connectivity index (χ3v) is 2.87. The standard InChI is InChI=1S/C10H17NO4/c1-8(12)11-5-3-4-10(11,7-15-2)6-9(13)14/h3-7H2,1-2H3,(H,13,14)/t10-/m0/s1. The Labute approximate surface area is 89.0 Å². The number of carbonyl (C=O) groups excluding carboxylic acids is 1. The first kappa shape index (κ1) is 12.0. The van der Waals surface area contributed by atoms with Gasteiger partial charge in [-0.15, -0.1) is 0 Å². The van der Waals surface area contributed by atoms with Crippen LogP contribution in [0.15, 0.2) is 0 Å². The lowest BCUT2D eigenvalue weighted by Crippen LogP contribution is -2.51. The second-order valence-corrected chi connectivity index (χ2v) is 4.00. The minimum absolute atomic E-state index is 0.0413. The number of amides is 1. The Bertz CT molecular complexity index is 266. The second kappa shape index (κ2) is 4.61. The number of likely N-dealkylation sites (tertiary alicyclic amines) is 1. The van der Waals surface area contributed by atoms with Gasteiger partial charge in [-0.1, -0.05) is 0 Å². The third-order valence-electron chi connectivity index (χ3n) is 2.87. The van der Waals surface area contributed by atoms with E-state index in [-0.39, 0.29) is 12.3 Å². The number of rotatable bonds is 4. The van der Waals surface area contributed by atoms with Crippen molar-refractivity contribution in [2.45, 2.75) is 31.7 Å². The van der Waals surface area contributed by atoms with E-state index in [1.54, 1.807) is 4.90 Å². The predicted molar refractivity (Wildman–Crippen MR) is 53.5 cm³/mol. The first-order chi connectivity index (χ1) is 7.02. The Morgan fingerprint density at radius 2 is 2.20 bits per heavy atom. The molecule has 1 fully saturated rings. The molecule has 1 saturated heterocycles. The van der Waals surface area contributed by atoms with Crippen LogP contribution in [0.5, 0.6) is 0 Å². The van der Waals surface area contributed by atoms with E-state index in [1.165, 1.54) is 14.0 Å². The van der Waals surface area contributed by atoms with Crippen LogP contribution in [0.3, 0.4) is 0 Å². The molecule has 0 spiro atoms. The molecule has 86 valence electrons. The molecule has 0 aromatic heterocycles. The average molecular weight is 215 g/mol. The van der Waals surface area contributed by atoms with E-state index in [4.69, 9.17) is 9.84 Å².